The predicted octanol–water partition coefficient (Wildman–Crippen LogP) is 2.82. The molecule has 1 amide bonds. The van der Waals surface area contributed by atoms with E-state index in [2.05, 4.69) is 10.2 Å². The van der Waals surface area contributed by atoms with Crippen molar-refractivity contribution in [2.45, 2.75) is 46.2 Å². The molecule has 30 heavy (non-hydrogen) atoms. The van der Waals surface area contributed by atoms with Gasteiger partial charge in [-0.05, 0) is 51.0 Å². The zero-order valence-corrected chi connectivity index (χ0v) is 17.6. The second-order valence-corrected chi connectivity index (χ2v) is 8.07. The highest BCUT2D eigenvalue weighted by Crippen LogP contribution is 2.23. The summed E-state index contributed by atoms with van der Waals surface area (Å²) in [6.07, 6.45) is 3.23. The zero-order chi connectivity index (χ0) is 21.3. The van der Waals surface area contributed by atoms with Gasteiger partial charge in [0, 0.05) is 24.8 Å². The summed E-state index contributed by atoms with van der Waals surface area (Å²) in [6.45, 7) is 7.61. The third kappa shape index (κ3) is 4.08. The van der Waals surface area contributed by atoms with Gasteiger partial charge in [-0.2, -0.15) is 10.2 Å². The van der Waals surface area contributed by atoms with Crippen molar-refractivity contribution >= 4 is 5.91 Å². The molecule has 3 aromatic heterocycles. The van der Waals surface area contributed by atoms with Crippen molar-refractivity contribution in [2.24, 2.45) is 5.92 Å². The van der Waals surface area contributed by atoms with Crippen molar-refractivity contribution in [1.82, 2.24) is 24.5 Å². The summed E-state index contributed by atoms with van der Waals surface area (Å²) >= 11 is 0. The van der Waals surface area contributed by atoms with Crippen LogP contribution in [0.5, 0.6) is 0 Å². The average molecular weight is 409 g/mol. The predicted molar refractivity (Wildman–Crippen MR) is 112 cm³/mol. The smallest absolute Gasteiger partial charge is 0.267 e. The van der Waals surface area contributed by atoms with Gasteiger partial charge in [-0.25, -0.2) is 4.68 Å². The number of furan rings is 1. The average Bonchev–Trinajstić information content (AvgIpc) is 3.38. The molecule has 0 radical (unpaired) electrons. The van der Waals surface area contributed by atoms with Crippen LogP contribution in [0.4, 0.5) is 0 Å². The van der Waals surface area contributed by atoms with Crippen LogP contribution in [0.1, 0.15) is 37.2 Å². The van der Waals surface area contributed by atoms with Crippen molar-refractivity contribution in [3.63, 3.8) is 0 Å². The van der Waals surface area contributed by atoms with E-state index in [0.717, 1.165) is 24.2 Å². The van der Waals surface area contributed by atoms with Crippen LogP contribution in [0, 0.1) is 19.8 Å². The van der Waals surface area contributed by atoms with Gasteiger partial charge in [-0.15, -0.1) is 0 Å². The fourth-order valence-electron chi connectivity index (χ4n) is 4.11. The lowest BCUT2D eigenvalue weighted by molar-refractivity contribution is -0.137. The fraction of sp³-hybridized carbons (Fsp3) is 0.455. The van der Waals surface area contributed by atoms with E-state index in [1.165, 1.54) is 10.7 Å². The fourth-order valence-corrected chi connectivity index (χ4v) is 4.11. The Morgan fingerprint density at radius 1 is 1.27 bits per heavy atom. The topological polar surface area (TPSA) is 86.2 Å². The Hall–Kier alpha value is -3.16. The van der Waals surface area contributed by atoms with Crippen LogP contribution in [0.2, 0.25) is 0 Å². The minimum Gasteiger partial charge on any atom is -0.463 e. The number of piperidine rings is 1. The molecule has 1 fully saturated rings. The lowest BCUT2D eigenvalue weighted by Gasteiger charge is -2.34. The summed E-state index contributed by atoms with van der Waals surface area (Å²) in [5, 5.41) is 8.99. The molecule has 158 valence electrons. The van der Waals surface area contributed by atoms with Crippen LogP contribution >= 0.6 is 0 Å². The molecule has 0 aliphatic carbocycles. The van der Waals surface area contributed by atoms with Crippen molar-refractivity contribution < 1.29 is 9.21 Å². The lowest BCUT2D eigenvalue weighted by atomic mass is 10.0. The standard InChI is InChI=1S/C22H27N5O3/c1-15(13-26-17(3)12-16(2)23-26)22(29)25-10-4-6-18(14-25)27-21(28)9-8-19(24-27)20-7-5-11-30-20/h5,7-9,11-12,15,18H,4,6,10,13-14H2,1-3H3/t15-,18+/m1/s1. The normalized spacial score (nSPS) is 17.8. The van der Waals surface area contributed by atoms with E-state index in [0.29, 0.717) is 31.1 Å². The number of nitrogens with zero attached hydrogens (tertiary/aromatic N) is 5. The molecule has 0 bridgehead atoms. The molecular formula is C22H27N5O3. The van der Waals surface area contributed by atoms with E-state index < -0.39 is 0 Å². The number of carbonyl (C=O) groups excluding carboxylic acids is 1. The third-order valence-corrected chi connectivity index (χ3v) is 5.62. The van der Waals surface area contributed by atoms with Gasteiger partial charge in [0.1, 0.15) is 5.69 Å². The highest BCUT2D eigenvalue weighted by molar-refractivity contribution is 5.78. The molecule has 0 spiro atoms. The molecule has 1 saturated heterocycles. The van der Waals surface area contributed by atoms with E-state index in [1.54, 1.807) is 18.4 Å². The summed E-state index contributed by atoms with van der Waals surface area (Å²) in [7, 11) is 0. The van der Waals surface area contributed by atoms with Crippen LogP contribution in [0.15, 0.2) is 45.8 Å². The van der Waals surface area contributed by atoms with E-state index >= 15 is 0 Å². The van der Waals surface area contributed by atoms with Gasteiger partial charge in [-0.1, -0.05) is 6.92 Å². The van der Waals surface area contributed by atoms with Crippen LogP contribution in [0.25, 0.3) is 11.5 Å². The number of hydrogen-bond acceptors (Lipinski definition) is 5. The van der Waals surface area contributed by atoms with Crippen LogP contribution < -0.4 is 5.56 Å². The monoisotopic (exact) mass is 409 g/mol. The Morgan fingerprint density at radius 3 is 2.80 bits per heavy atom. The van der Waals surface area contributed by atoms with E-state index in [9.17, 15) is 9.59 Å². The summed E-state index contributed by atoms with van der Waals surface area (Å²) in [5.41, 5.74) is 2.45. The van der Waals surface area contributed by atoms with E-state index in [1.807, 2.05) is 42.5 Å². The molecule has 1 aliphatic heterocycles. The first-order valence-corrected chi connectivity index (χ1v) is 10.4. The van der Waals surface area contributed by atoms with Crippen LogP contribution in [-0.2, 0) is 11.3 Å². The van der Waals surface area contributed by atoms with Gasteiger partial charge in [0.25, 0.3) is 5.56 Å². The van der Waals surface area contributed by atoms with Gasteiger partial charge < -0.3 is 9.32 Å². The summed E-state index contributed by atoms with van der Waals surface area (Å²) in [5.74, 6) is 0.509. The molecule has 4 heterocycles. The summed E-state index contributed by atoms with van der Waals surface area (Å²) < 4.78 is 8.80. The maximum atomic E-state index is 13.1. The summed E-state index contributed by atoms with van der Waals surface area (Å²) in [4.78, 5) is 27.4. The minimum absolute atomic E-state index is 0.0856. The number of carbonyl (C=O) groups is 1. The third-order valence-electron chi connectivity index (χ3n) is 5.62. The van der Waals surface area contributed by atoms with E-state index in [-0.39, 0.29) is 23.4 Å². The minimum atomic E-state index is -0.194. The zero-order valence-electron chi connectivity index (χ0n) is 17.6. The number of amides is 1. The molecule has 4 rings (SSSR count). The Kier molecular flexibility index (Phi) is 5.57. The van der Waals surface area contributed by atoms with Gasteiger partial charge in [0.05, 0.1) is 30.5 Å². The largest absolute Gasteiger partial charge is 0.463 e. The van der Waals surface area contributed by atoms with Gasteiger partial charge in [0.2, 0.25) is 5.91 Å². The molecule has 0 saturated carbocycles. The highest BCUT2D eigenvalue weighted by Gasteiger charge is 2.29. The number of aromatic nitrogens is 4. The Labute approximate surface area is 175 Å². The molecular weight excluding hydrogens is 382 g/mol. The molecule has 2 atom stereocenters. The molecule has 8 nitrogen and oxygen atoms in total. The first-order valence-electron chi connectivity index (χ1n) is 10.4. The summed E-state index contributed by atoms with van der Waals surface area (Å²) in [6, 6.07) is 8.65. The number of aryl methyl sites for hydroxylation is 2. The van der Waals surface area contributed by atoms with Crippen molar-refractivity contribution in [1.29, 1.82) is 0 Å². The number of likely N-dealkylation sites (tertiary alicyclic amines) is 1. The molecule has 0 N–H and O–H groups in total. The van der Waals surface area contributed by atoms with Crippen molar-refractivity contribution in [3.8, 4) is 11.5 Å². The quantitative estimate of drug-likeness (QED) is 0.647. The molecule has 8 heteroatoms. The molecule has 3 aromatic rings. The van der Waals surface area contributed by atoms with Gasteiger partial charge in [0.15, 0.2) is 5.76 Å². The molecule has 1 aliphatic rings. The Morgan fingerprint density at radius 2 is 2.10 bits per heavy atom. The molecule has 0 unspecified atom stereocenters. The molecule has 0 aromatic carbocycles. The van der Waals surface area contributed by atoms with Crippen LogP contribution in [-0.4, -0.2) is 43.5 Å². The second kappa shape index (κ2) is 8.30. The Bertz CT molecular complexity index is 1080. The number of hydrogen-bond donors (Lipinski definition) is 0. The maximum Gasteiger partial charge on any atom is 0.267 e. The number of rotatable bonds is 5. The van der Waals surface area contributed by atoms with Crippen molar-refractivity contribution in [2.75, 3.05) is 13.1 Å². The van der Waals surface area contributed by atoms with Crippen molar-refractivity contribution in [3.05, 3.63) is 58.3 Å². The second-order valence-electron chi connectivity index (χ2n) is 8.07. The first-order chi connectivity index (χ1) is 14.4. The van der Waals surface area contributed by atoms with Gasteiger partial charge >= 0.3 is 0 Å². The SMILES string of the molecule is Cc1cc(C)n(C[C@@H](C)C(=O)N2CCC[C@H](n3nc(-c4ccco4)ccc3=O)C2)n1. The maximum absolute atomic E-state index is 13.1. The van der Waals surface area contributed by atoms with Crippen LogP contribution in [0.3, 0.4) is 0 Å². The Balaban J connectivity index is 1.49. The lowest BCUT2D eigenvalue weighted by Crippen LogP contribution is -2.45. The van der Waals surface area contributed by atoms with E-state index in [4.69, 9.17) is 4.42 Å². The first kappa shape index (κ1) is 20.1. The van der Waals surface area contributed by atoms with Gasteiger partial charge in [-0.3, -0.25) is 14.3 Å². The highest BCUT2D eigenvalue weighted by atomic mass is 16.3.